The van der Waals surface area contributed by atoms with Gasteiger partial charge in [0.2, 0.25) is 0 Å². The van der Waals surface area contributed by atoms with Crippen molar-refractivity contribution in [1.82, 2.24) is 0 Å². The van der Waals surface area contributed by atoms with Gasteiger partial charge in [-0.2, -0.15) is 0 Å². The molecule has 1 unspecified atom stereocenters. The Kier molecular flexibility index (Phi) is 3.40. The summed E-state index contributed by atoms with van der Waals surface area (Å²) in [5.41, 5.74) is 2.01. The van der Waals surface area contributed by atoms with Gasteiger partial charge in [-0.05, 0) is 23.9 Å². The van der Waals surface area contributed by atoms with Crippen LogP contribution < -0.4 is 0 Å². The van der Waals surface area contributed by atoms with Gasteiger partial charge in [0, 0.05) is 12.2 Å². The molecular weight excluding hydrogens is 256 g/mol. The maximum atomic E-state index is 11.4. The van der Waals surface area contributed by atoms with Gasteiger partial charge in [0.25, 0.3) is 0 Å². The zero-order valence-corrected chi connectivity index (χ0v) is 10.9. The maximum absolute atomic E-state index is 11.4. The predicted octanol–water partition coefficient (Wildman–Crippen LogP) is 2.62. The molecule has 90 valence electrons. The number of aldehydes is 1. The highest BCUT2D eigenvalue weighted by Gasteiger charge is 2.40. The van der Waals surface area contributed by atoms with Crippen LogP contribution in [0.2, 0.25) is 0 Å². The van der Waals surface area contributed by atoms with E-state index in [4.69, 9.17) is 0 Å². The molecule has 0 bridgehead atoms. The Labute approximate surface area is 108 Å². The Bertz CT molecular complexity index is 490. The first-order chi connectivity index (χ1) is 8.05. The molecule has 0 aromatic carbocycles. The third-order valence-corrected chi connectivity index (χ3v) is 5.11. The van der Waals surface area contributed by atoms with Crippen LogP contribution in [0.5, 0.6) is 0 Å². The molecule has 1 aromatic heterocycles. The highest BCUT2D eigenvalue weighted by Crippen LogP contribution is 2.39. The SMILES string of the molecule is CC1=CC(Cc2csc(C=O)c2)(C(=O)O)SC1. The van der Waals surface area contributed by atoms with Crippen LogP contribution in [0.3, 0.4) is 0 Å². The molecule has 17 heavy (non-hydrogen) atoms. The molecule has 0 fully saturated rings. The Balaban J connectivity index is 2.25. The van der Waals surface area contributed by atoms with Crippen molar-refractivity contribution < 1.29 is 14.7 Å². The van der Waals surface area contributed by atoms with Crippen LogP contribution in [0.4, 0.5) is 0 Å². The summed E-state index contributed by atoms with van der Waals surface area (Å²) in [5.74, 6) is -0.0463. The predicted molar refractivity (Wildman–Crippen MR) is 70.0 cm³/mol. The Hall–Kier alpha value is -1.07. The summed E-state index contributed by atoms with van der Waals surface area (Å²) in [4.78, 5) is 22.7. The summed E-state index contributed by atoms with van der Waals surface area (Å²) >= 11 is 2.80. The van der Waals surface area contributed by atoms with Crippen LogP contribution in [0, 0.1) is 0 Å². The summed E-state index contributed by atoms with van der Waals surface area (Å²) in [6, 6.07) is 1.77. The van der Waals surface area contributed by atoms with Crippen molar-refractivity contribution in [2.75, 3.05) is 5.75 Å². The number of thioether (sulfide) groups is 1. The first-order valence-electron chi connectivity index (χ1n) is 5.14. The molecule has 1 aliphatic rings. The number of carboxylic acids is 1. The van der Waals surface area contributed by atoms with Gasteiger partial charge in [0.1, 0.15) is 4.75 Å². The molecule has 1 N–H and O–H groups in total. The Morgan fingerprint density at radius 1 is 1.65 bits per heavy atom. The summed E-state index contributed by atoms with van der Waals surface area (Å²) in [5, 5.41) is 11.2. The molecule has 1 aliphatic heterocycles. The molecule has 0 saturated carbocycles. The number of carbonyl (C=O) groups excluding carboxylic acids is 1. The van der Waals surface area contributed by atoms with Gasteiger partial charge >= 0.3 is 5.97 Å². The van der Waals surface area contributed by atoms with E-state index in [1.165, 1.54) is 23.1 Å². The summed E-state index contributed by atoms with van der Waals surface area (Å²) in [6.07, 6.45) is 3.07. The minimum atomic E-state index is -0.856. The number of hydrogen-bond acceptors (Lipinski definition) is 4. The zero-order chi connectivity index (χ0) is 12.5. The van der Waals surface area contributed by atoms with Crippen molar-refractivity contribution in [1.29, 1.82) is 0 Å². The molecule has 0 radical (unpaired) electrons. The van der Waals surface area contributed by atoms with Crippen LogP contribution in [-0.2, 0) is 11.2 Å². The number of carboxylic acid groups (broad SMARTS) is 1. The standard InChI is InChI=1S/C12H12O3S2/c1-8-3-12(11(14)15,17-6-8)4-9-2-10(5-13)16-7-9/h2-3,5,7H,4,6H2,1H3,(H,14,15). The van der Waals surface area contributed by atoms with Crippen LogP contribution in [0.15, 0.2) is 23.1 Å². The minimum Gasteiger partial charge on any atom is -0.480 e. The van der Waals surface area contributed by atoms with E-state index in [-0.39, 0.29) is 0 Å². The monoisotopic (exact) mass is 268 g/mol. The third-order valence-electron chi connectivity index (χ3n) is 2.66. The van der Waals surface area contributed by atoms with Gasteiger partial charge in [-0.25, -0.2) is 0 Å². The van der Waals surface area contributed by atoms with Crippen molar-refractivity contribution in [3.63, 3.8) is 0 Å². The van der Waals surface area contributed by atoms with Crippen molar-refractivity contribution in [3.8, 4) is 0 Å². The number of aliphatic carboxylic acids is 1. The molecule has 2 rings (SSSR count). The zero-order valence-electron chi connectivity index (χ0n) is 9.30. The molecule has 0 spiro atoms. The molecule has 3 nitrogen and oxygen atoms in total. The fourth-order valence-corrected chi connectivity index (χ4v) is 3.84. The molecule has 0 aliphatic carbocycles. The van der Waals surface area contributed by atoms with Crippen molar-refractivity contribution in [3.05, 3.63) is 33.5 Å². The largest absolute Gasteiger partial charge is 0.480 e. The molecular formula is C12H12O3S2. The smallest absolute Gasteiger partial charge is 0.324 e. The lowest BCUT2D eigenvalue weighted by atomic mass is 9.98. The third kappa shape index (κ3) is 2.45. The van der Waals surface area contributed by atoms with Crippen LogP contribution in [0.1, 0.15) is 22.2 Å². The lowest BCUT2D eigenvalue weighted by Gasteiger charge is -2.20. The number of rotatable bonds is 4. The normalized spacial score (nSPS) is 23.5. The Morgan fingerprint density at radius 2 is 2.41 bits per heavy atom. The molecule has 2 heterocycles. The highest BCUT2D eigenvalue weighted by atomic mass is 32.2. The van der Waals surface area contributed by atoms with E-state index >= 15 is 0 Å². The summed E-state index contributed by atoms with van der Waals surface area (Å²) in [7, 11) is 0. The van der Waals surface area contributed by atoms with Crippen molar-refractivity contribution in [2.24, 2.45) is 0 Å². The van der Waals surface area contributed by atoms with Gasteiger partial charge in [0.15, 0.2) is 6.29 Å². The maximum Gasteiger partial charge on any atom is 0.324 e. The van der Waals surface area contributed by atoms with E-state index in [0.29, 0.717) is 11.3 Å². The van der Waals surface area contributed by atoms with Gasteiger partial charge in [-0.1, -0.05) is 11.6 Å². The number of carbonyl (C=O) groups is 2. The number of thiophene rings is 1. The van der Waals surface area contributed by atoms with Gasteiger partial charge in [0.05, 0.1) is 4.88 Å². The van der Waals surface area contributed by atoms with Crippen LogP contribution >= 0.6 is 23.1 Å². The van der Waals surface area contributed by atoms with Crippen LogP contribution in [0.25, 0.3) is 0 Å². The van der Waals surface area contributed by atoms with E-state index in [0.717, 1.165) is 23.2 Å². The quantitative estimate of drug-likeness (QED) is 0.673. The first-order valence-corrected chi connectivity index (χ1v) is 7.00. The molecule has 0 saturated heterocycles. The lowest BCUT2D eigenvalue weighted by molar-refractivity contribution is -0.138. The van der Waals surface area contributed by atoms with Crippen molar-refractivity contribution in [2.45, 2.75) is 18.1 Å². The lowest BCUT2D eigenvalue weighted by Crippen LogP contribution is -2.33. The number of hydrogen-bond donors (Lipinski definition) is 1. The summed E-state index contributed by atoms with van der Waals surface area (Å²) in [6.45, 7) is 1.95. The summed E-state index contributed by atoms with van der Waals surface area (Å²) < 4.78 is -0.856. The Morgan fingerprint density at radius 3 is 2.88 bits per heavy atom. The van der Waals surface area contributed by atoms with E-state index in [1.807, 2.05) is 18.4 Å². The first kappa shape index (κ1) is 12.4. The fraction of sp³-hybridized carbons (Fsp3) is 0.333. The fourth-order valence-electron chi connectivity index (χ4n) is 1.88. The van der Waals surface area contributed by atoms with E-state index in [1.54, 1.807) is 6.07 Å². The second-order valence-corrected chi connectivity index (χ2v) is 6.37. The average molecular weight is 268 g/mol. The van der Waals surface area contributed by atoms with Gasteiger partial charge < -0.3 is 5.11 Å². The van der Waals surface area contributed by atoms with Gasteiger partial charge in [-0.3, -0.25) is 9.59 Å². The average Bonchev–Trinajstić information content (AvgIpc) is 2.87. The highest BCUT2D eigenvalue weighted by molar-refractivity contribution is 8.02. The second kappa shape index (κ2) is 4.66. The van der Waals surface area contributed by atoms with Crippen LogP contribution in [-0.4, -0.2) is 27.9 Å². The molecule has 1 aromatic rings. The van der Waals surface area contributed by atoms with Crippen molar-refractivity contribution >= 4 is 35.4 Å². The molecule has 1 atom stereocenters. The molecule has 5 heteroatoms. The molecule has 0 amide bonds. The van der Waals surface area contributed by atoms with E-state index < -0.39 is 10.7 Å². The minimum absolute atomic E-state index is 0.439. The topological polar surface area (TPSA) is 54.4 Å². The van der Waals surface area contributed by atoms with Gasteiger partial charge in [-0.15, -0.1) is 23.1 Å². The van der Waals surface area contributed by atoms with E-state index in [9.17, 15) is 14.7 Å². The second-order valence-electron chi connectivity index (χ2n) is 4.13. The van der Waals surface area contributed by atoms with E-state index in [2.05, 4.69) is 0 Å².